The van der Waals surface area contributed by atoms with Gasteiger partial charge in [0.2, 0.25) is 0 Å². The molecule has 2 rings (SSSR count). The van der Waals surface area contributed by atoms with Gasteiger partial charge in [-0.1, -0.05) is 6.92 Å². The Morgan fingerprint density at radius 1 is 1.13 bits per heavy atom. The van der Waals surface area contributed by atoms with Gasteiger partial charge in [-0.3, -0.25) is 5.43 Å². The van der Waals surface area contributed by atoms with Crippen LogP contribution in [0.25, 0.3) is 0 Å². The Balaban J connectivity index is 1.67. The third kappa shape index (κ3) is 3.41. The normalized spacial score (nSPS) is 27.0. The lowest BCUT2D eigenvalue weighted by Gasteiger charge is -2.36. The average Bonchev–Trinajstić information content (AvgIpc) is 2.31. The fourth-order valence-corrected chi connectivity index (χ4v) is 2.33. The second-order valence-corrected chi connectivity index (χ2v) is 4.44. The Bertz CT molecular complexity index is 175. The Hall–Kier alpha value is -0.160. The lowest BCUT2D eigenvalue weighted by atomic mass is 10.1. The van der Waals surface area contributed by atoms with Gasteiger partial charge in [0, 0.05) is 19.1 Å². The maximum absolute atomic E-state index is 5.33. The first-order valence-corrected chi connectivity index (χ1v) is 6.19. The van der Waals surface area contributed by atoms with E-state index in [2.05, 4.69) is 22.3 Å². The fourth-order valence-electron chi connectivity index (χ4n) is 2.33. The molecular weight excluding hydrogens is 190 g/mol. The van der Waals surface area contributed by atoms with E-state index in [4.69, 9.17) is 4.74 Å². The van der Waals surface area contributed by atoms with Crippen molar-refractivity contribution in [2.24, 2.45) is 0 Å². The number of ether oxygens (including phenoxy) is 1. The van der Waals surface area contributed by atoms with E-state index in [0.29, 0.717) is 6.04 Å². The van der Waals surface area contributed by atoms with E-state index < -0.39 is 0 Å². The summed E-state index contributed by atoms with van der Waals surface area (Å²) in [5.74, 6) is 0. The van der Waals surface area contributed by atoms with Gasteiger partial charge in [-0.05, 0) is 32.5 Å². The molecule has 2 saturated heterocycles. The van der Waals surface area contributed by atoms with Crippen molar-refractivity contribution in [1.82, 2.24) is 15.3 Å². The molecule has 0 aromatic carbocycles. The van der Waals surface area contributed by atoms with Crippen LogP contribution in [0.3, 0.4) is 0 Å². The Morgan fingerprint density at radius 3 is 2.40 bits per heavy atom. The van der Waals surface area contributed by atoms with E-state index in [1.54, 1.807) is 0 Å². The van der Waals surface area contributed by atoms with Gasteiger partial charge in [-0.15, -0.1) is 0 Å². The van der Waals surface area contributed by atoms with Crippen molar-refractivity contribution in [2.75, 3.05) is 45.9 Å². The summed E-state index contributed by atoms with van der Waals surface area (Å²) in [5.41, 5.74) is 3.63. The smallest absolute Gasteiger partial charge is 0.0608 e. The van der Waals surface area contributed by atoms with Crippen LogP contribution in [0.1, 0.15) is 19.8 Å². The van der Waals surface area contributed by atoms with Crippen LogP contribution in [0, 0.1) is 0 Å². The van der Waals surface area contributed by atoms with Crippen molar-refractivity contribution in [2.45, 2.75) is 25.8 Å². The lowest BCUT2D eigenvalue weighted by Crippen LogP contribution is -2.53. The largest absolute Gasteiger partial charge is 0.379 e. The van der Waals surface area contributed by atoms with Crippen LogP contribution in [0.5, 0.6) is 0 Å². The number of likely N-dealkylation sites (tertiary alicyclic amines) is 1. The number of nitrogens with one attached hydrogen (secondary N) is 1. The topological polar surface area (TPSA) is 27.7 Å². The monoisotopic (exact) mass is 213 g/mol. The van der Waals surface area contributed by atoms with E-state index in [1.807, 2.05) is 0 Å². The molecule has 0 aliphatic carbocycles. The molecule has 2 heterocycles. The molecule has 0 bridgehead atoms. The predicted molar refractivity (Wildman–Crippen MR) is 60.7 cm³/mol. The van der Waals surface area contributed by atoms with E-state index in [0.717, 1.165) is 26.3 Å². The second-order valence-electron chi connectivity index (χ2n) is 4.44. The van der Waals surface area contributed by atoms with Gasteiger partial charge >= 0.3 is 0 Å². The molecular formula is C11H23N3O. The highest BCUT2D eigenvalue weighted by atomic mass is 16.5. The number of nitrogens with zero attached hydrogens (tertiary/aromatic N) is 2. The standard InChI is InChI=1S/C11H23N3O/c1-2-13-5-3-11(4-6-13)12-14-7-9-15-10-8-14/h11-12H,2-10H2,1H3. The summed E-state index contributed by atoms with van der Waals surface area (Å²) in [4.78, 5) is 2.53. The van der Waals surface area contributed by atoms with Crippen LogP contribution >= 0.6 is 0 Å². The molecule has 0 saturated carbocycles. The molecule has 0 radical (unpaired) electrons. The SMILES string of the molecule is CCN1CCC(NN2CCOCC2)CC1. The molecule has 1 N–H and O–H groups in total. The summed E-state index contributed by atoms with van der Waals surface area (Å²) >= 11 is 0. The summed E-state index contributed by atoms with van der Waals surface area (Å²) in [7, 11) is 0. The number of hydrogen-bond donors (Lipinski definition) is 1. The van der Waals surface area contributed by atoms with Crippen molar-refractivity contribution >= 4 is 0 Å². The number of piperidine rings is 1. The number of hydrazine groups is 1. The summed E-state index contributed by atoms with van der Waals surface area (Å²) in [6.45, 7) is 9.76. The Labute approximate surface area is 92.5 Å². The van der Waals surface area contributed by atoms with E-state index in [1.165, 1.54) is 32.5 Å². The molecule has 0 atom stereocenters. The van der Waals surface area contributed by atoms with Crippen molar-refractivity contribution in [3.63, 3.8) is 0 Å². The van der Waals surface area contributed by atoms with E-state index in [-0.39, 0.29) is 0 Å². The molecule has 4 heteroatoms. The zero-order valence-corrected chi connectivity index (χ0v) is 9.74. The minimum absolute atomic E-state index is 0.686. The molecule has 2 aliphatic rings. The van der Waals surface area contributed by atoms with Crippen LogP contribution in [-0.4, -0.2) is 61.9 Å². The first kappa shape index (κ1) is 11.3. The first-order chi connectivity index (χ1) is 7.38. The van der Waals surface area contributed by atoms with Crippen molar-refractivity contribution in [3.8, 4) is 0 Å². The van der Waals surface area contributed by atoms with E-state index >= 15 is 0 Å². The average molecular weight is 213 g/mol. The molecule has 2 aliphatic heterocycles. The first-order valence-electron chi connectivity index (χ1n) is 6.19. The number of morpholine rings is 1. The van der Waals surface area contributed by atoms with Gasteiger partial charge in [-0.2, -0.15) is 0 Å². The van der Waals surface area contributed by atoms with Gasteiger partial charge < -0.3 is 9.64 Å². The molecule has 2 fully saturated rings. The molecule has 0 spiro atoms. The molecule has 0 aromatic rings. The van der Waals surface area contributed by atoms with Gasteiger partial charge in [-0.25, -0.2) is 5.01 Å². The molecule has 0 aromatic heterocycles. The third-order valence-corrected chi connectivity index (χ3v) is 3.41. The van der Waals surface area contributed by atoms with Gasteiger partial charge in [0.15, 0.2) is 0 Å². The number of rotatable bonds is 3. The summed E-state index contributed by atoms with van der Waals surface area (Å²) in [5, 5.41) is 2.33. The predicted octanol–water partition coefficient (Wildman–Crippen LogP) is 0.308. The van der Waals surface area contributed by atoms with Crippen LogP contribution < -0.4 is 5.43 Å². The minimum Gasteiger partial charge on any atom is -0.379 e. The molecule has 15 heavy (non-hydrogen) atoms. The van der Waals surface area contributed by atoms with Gasteiger partial charge in [0.05, 0.1) is 13.2 Å². The minimum atomic E-state index is 0.686. The highest BCUT2D eigenvalue weighted by Gasteiger charge is 2.20. The molecule has 88 valence electrons. The maximum atomic E-state index is 5.33. The Kier molecular flexibility index (Phi) is 4.38. The van der Waals surface area contributed by atoms with Gasteiger partial charge in [0.1, 0.15) is 0 Å². The van der Waals surface area contributed by atoms with Crippen molar-refractivity contribution < 1.29 is 4.74 Å². The molecule has 0 amide bonds. The van der Waals surface area contributed by atoms with Gasteiger partial charge in [0.25, 0.3) is 0 Å². The summed E-state index contributed by atoms with van der Waals surface area (Å²) < 4.78 is 5.33. The summed E-state index contributed by atoms with van der Waals surface area (Å²) in [6, 6.07) is 0.686. The summed E-state index contributed by atoms with van der Waals surface area (Å²) in [6.07, 6.45) is 2.57. The van der Waals surface area contributed by atoms with Crippen LogP contribution in [0.4, 0.5) is 0 Å². The number of hydrogen-bond acceptors (Lipinski definition) is 4. The van der Waals surface area contributed by atoms with Crippen LogP contribution in [0.15, 0.2) is 0 Å². The van der Waals surface area contributed by atoms with Crippen LogP contribution in [-0.2, 0) is 4.74 Å². The zero-order valence-electron chi connectivity index (χ0n) is 9.74. The maximum Gasteiger partial charge on any atom is 0.0608 e. The molecule has 4 nitrogen and oxygen atoms in total. The third-order valence-electron chi connectivity index (χ3n) is 3.41. The van der Waals surface area contributed by atoms with Crippen LogP contribution in [0.2, 0.25) is 0 Å². The second kappa shape index (κ2) is 5.80. The highest BCUT2D eigenvalue weighted by Crippen LogP contribution is 2.10. The quantitative estimate of drug-likeness (QED) is 0.730. The Morgan fingerprint density at radius 2 is 1.80 bits per heavy atom. The molecule has 0 unspecified atom stereocenters. The van der Waals surface area contributed by atoms with E-state index in [9.17, 15) is 0 Å². The lowest BCUT2D eigenvalue weighted by molar-refractivity contribution is -0.00255. The van der Waals surface area contributed by atoms with Crippen molar-refractivity contribution in [1.29, 1.82) is 0 Å². The van der Waals surface area contributed by atoms with Crippen molar-refractivity contribution in [3.05, 3.63) is 0 Å². The highest BCUT2D eigenvalue weighted by molar-refractivity contribution is 4.76. The fraction of sp³-hybridized carbons (Fsp3) is 1.00. The zero-order chi connectivity index (χ0) is 10.5.